The van der Waals surface area contributed by atoms with Crippen molar-refractivity contribution >= 4 is 10.9 Å². The molecule has 1 atom stereocenters. The second-order valence-corrected chi connectivity index (χ2v) is 5.79. The first-order valence-electron chi connectivity index (χ1n) is 8.02. The molecule has 1 heterocycles. The van der Waals surface area contributed by atoms with Gasteiger partial charge >= 0.3 is 0 Å². The molecule has 0 aliphatic rings. The Labute approximate surface area is 140 Å². The van der Waals surface area contributed by atoms with Gasteiger partial charge in [0, 0.05) is 6.54 Å². The summed E-state index contributed by atoms with van der Waals surface area (Å²) in [7, 11) is 1.99. The minimum atomic E-state index is -0.101. The molecule has 3 rings (SSSR count). The third-order valence-corrected chi connectivity index (χ3v) is 4.14. The van der Waals surface area contributed by atoms with Crippen LogP contribution in [0.5, 0.6) is 5.75 Å². The lowest BCUT2D eigenvalue weighted by atomic mass is 10.2. The predicted molar refractivity (Wildman–Crippen MR) is 95.3 cm³/mol. The molecule has 0 radical (unpaired) electrons. The van der Waals surface area contributed by atoms with E-state index >= 15 is 0 Å². The molecule has 124 valence electrons. The number of rotatable bonds is 6. The number of nitrogens with zero attached hydrogens (tertiary/aromatic N) is 2. The quantitative estimate of drug-likeness (QED) is 0.757. The van der Waals surface area contributed by atoms with E-state index in [0.717, 1.165) is 17.8 Å². The maximum absolute atomic E-state index is 12.2. The fraction of sp³-hybridized carbons (Fsp3) is 0.263. The van der Waals surface area contributed by atoms with Gasteiger partial charge in [0.1, 0.15) is 18.2 Å². The van der Waals surface area contributed by atoms with Crippen LogP contribution in [0.4, 0.5) is 0 Å². The van der Waals surface area contributed by atoms with Crippen molar-refractivity contribution in [2.24, 2.45) is 0 Å². The number of hydrogen-bond donors (Lipinski definition) is 1. The third kappa shape index (κ3) is 3.63. The number of hydrogen-bond acceptors (Lipinski definition) is 4. The summed E-state index contributed by atoms with van der Waals surface area (Å²) in [6.07, 6.45) is 0. The van der Waals surface area contributed by atoms with Gasteiger partial charge in [-0.15, -0.1) is 0 Å². The summed E-state index contributed by atoms with van der Waals surface area (Å²) >= 11 is 0. The van der Waals surface area contributed by atoms with Gasteiger partial charge in [0.25, 0.3) is 5.56 Å². The Morgan fingerprint density at radius 2 is 1.83 bits per heavy atom. The SMILES string of the molecule is CC(c1nc2ccccc2c(=O)[nH]1)N(C)CCOc1ccccc1. The largest absolute Gasteiger partial charge is 0.492 e. The molecular formula is C19H21N3O2. The average molecular weight is 323 g/mol. The van der Waals surface area contributed by atoms with Crippen LogP contribution in [-0.4, -0.2) is 35.1 Å². The predicted octanol–water partition coefficient (Wildman–Crippen LogP) is 2.99. The normalized spacial score (nSPS) is 12.5. The van der Waals surface area contributed by atoms with Crippen LogP contribution in [0.25, 0.3) is 10.9 Å². The van der Waals surface area contributed by atoms with Gasteiger partial charge in [-0.2, -0.15) is 0 Å². The molecule has 1 N–H and O–H groups in total. The lowest BCUT2D eigenvalue weighted by Gasteiger charge is -2.24. The number of benzene rings is 2. The summed E-state index contributed by atoms with van der Waals surface area (Å²) < 4.78 is 5.72. The first-order valence-corrected chi connectivity index (χ1v) is 8.02. The molecule has 0 saturated heterocycles. The summed E-state index contributed by atoms with van der Waals surface area (Å²) in [5, 5.41) is 0.614. The number of ether oxygens (including phenoxy) is 1. The zero-order chi connectivity index (χ0) is 16.9. The number of likely N-dealkylation sites (N-methyl/N-ethyl adjacent to an activating group) is 1. The molecule has 3 aromatic rings. The highest BCUT2D eigenvalue weighted by Crippen LogP contribution is 2.16. The first-order chi connectivity index (χ1) is 11.6. The molecule has 0 aliphatic heterocycles. The highest BCUT2D eigenvalue weighted by Gasteiger charge is 2.15. The second kappa shape index (κ2) is 7.27. The van der Waals surface area contributed by atoms with Crippen LogP contribution in [-0.2, 0) is 0 Å². The van der Waals surface area contributed by atoms with E-state index in [0.29, 0.717) is 17.8 Å². The topological polar surface area (TPSA) is 58.2 Å². The van der Waals surface area contributed by atoms with E-state index in [-0.39, 0.29) is 11.6 Å². The summed E-state index contributed by atoms with van der Waals surface area (Å²) in [5.74, 6) is 1.52. The van der Waals surface area contributed by atoms with Crippen molar-refractivity contribution in [3.05, 3.63) is 70.8 Å². The van der Waals surface area contributed by atoms with E-state index in [1.807, 2.05) is 62.5 Å². The minimum absolute atomic E-state index is 0.0123. The Hall–Kier alpha value is -2.66. The molecule has 24 heavy (non-hydrogen) atoms. The van der Waals surface area contributed by atoms with Crippen LogP contribution in [0.2, 0.25) is 0 Å². The molecule has 2 aromatic carbocycles. The van der Waals surface area contributed by atoms with Gasteiger partial charge in [0.05, 0.1) is 16.9 Å². The van der Waals surface area contributed by atoms with Gasteiger partial charge in [0.2, 0.25) is 0 Å². The summed E-state index contributed by atoms with van der Waals surface area (Å²) in [5.41, 5.74) is 0.619. The van der Waals surface area contributed by atoms with Crippen LogP contribution in [0, 0.1) is 0 Å². The zero-order valence-corrected chi connectivity index (χ0v) is 13.9. The lowest BCUT2D eigenvalue weighted by molar-refractivity contribution is 0.196. The monoisotopic (exact) mass is 323 g/mol. The summed E-state index contributed by atoms with van der Waals surface area (Å²) in [6, 6.07) is 17.1. The van der Waals surface area contributed by atoms with Crippen molar-refractivity contribution in [1.29, 1.82) is 0 Å². The van der Waals surface area contributed by atoms with Crippen molar-refractivity contribution < 1.29 is 4.74 Å². The van der Waals surface area contributed by atoms with Gasteiger partial charge in [-0.1, -0.05) is 30.3 Å². The smallest absolute Gasteiger partial charge is 0.258 e. The number of para-hydroxylation sites is 2. The number of aromatic nitrogens is 2. The fourth-order valence-corrected chi connectivity index (χ4v) is 2.53. The van der Waals surface area contributed by atoms with Crippen molar-refractivity contribution in [1.82, 2.24) is 14.9 Å². The van der Waals surface area contributed by atoms with Gasteiger partial charge in [0.15, 0.2) is 0 Å². The second-order valence-electron chi connectivity index (χ2n) is 5.79. The van der Waals surface area contributed by atoms with E-state index in [2.05, 4.69) is 14.9 Å². The highest BCUT2D eigenvalue weighted by molar-refractivity contribution is 5.77. The average Bonchev–Trinajstić information content (AvgIpc) is 2.62. The van der Waals surface area contributed by atoms with Crippen LogP contribution < -0.4 is 10.3 Å². The molecule has 1 aromatic heterocycles. The molecule has 5 heteroatoms. The molecule has 0 saturated carbocycles. The fourth-order valence-electron chi connectivity index (χ4n) is 2.53. The van der Waals surface area contributed by atoms with Crippen LogP contribution in [0.15, 0.2) is 59.4 Å². The van der Waals surface area contributed by atoms with Crippen molar-refractivity contribution in [3.63, 3.8) is 0 Å². The molecule has 5 nitrogen and oxygen atoms in total. The highest BCUT2D eigenvalue weighted by atomic mass is 16.5. The van der Waals surface area contributed by atoms with Gasteiger partial charge in [-0.25, -0.2) is 4.98 Å². The Balaban J connectivity index is 1.67. The van der Waals surface area contributed by atoms with E-state index < -0.39 is 0 Å². The Bertz CT molecular complexity index is 861. The molecule has 0 fully saturated rings. The minimum Gasteiger partial charge on any atom is -0.492 e. The Morgan fingerprint density at radius 1 is 1.12 bits per heavy atom. The maximum Gasteiger partial charge on any atom is 0.258 e. The maximum atomic E-state index is 12.2. The van der Waals surface area contributed by atoms with E-state index in [4.69, 9.17) is 4.74 Å². The Morgan fingerprint density at radius 3 is 2.62 bits per heavy atom. The molecule has 0 amide bonds. The molecular weight excluding hydrogens is 302 g/mol. The number of fused-ring (bicyclic) bond motifs is 1. The van der Waals surface area contributed by atoms with Crippen LogP contribution in [0.3, 0.4) is 0 Å². The third-order valence-electron chi connectivity index (χ3n) is 4.14. The van der Waals surface area contributed by atoms with E-state index in [1.165, 1.54) is 0 Å². The summed E-state index contributed by atoms with van der Waals surface area (Å²) in [4.78, 5) is 21.8. The Kier molecular flexibility index (Phi) is 4.91. The van der Waals surface area contributed by atoms with E-state index in [9.17, 15) is 4.79 Å². The molecule has 0 aliphatic carbocycles. The van der Waals surface area contributed by atoms with E-state index in [1.54, 1.807) is 6.07 Å². The van der Waals surface area contributed by atoms with Gasteiger partial charge in [-0.3, -0.25) is 9.69 Å². The zero-order valence-electron chi connectivity index (χ0n) is 13.9. The van der Waals surface area contributed by atoms with Crippen LogP contribution >= 0.6 is 0 Å². The van der Waals surface area contributed by atoms with Gasteiger partial charge < -0.3 is 9.72 Å². The van der Waals surface area contributed by atoms with Crippen molar-refractivity contribution in [2.75, 3.05) is 20.2 Å². The van der Waals surface area contributed by atoms with Crippen molar-refractivity contribution in [2.45, 2.75) is 13.0 Å². The number of nitrogens with one attached hydrogen (secondary N) is 1. The van der Waals surface area contributed by atoms with Gasteiger partial charge in [-0.05, 0) is 38.2 Å². The van der Waals surface area contributed by atoms with Crippen LogP contribution in [0.1, 0.15) is 18.8 Å². The van der Waals surface area contributed by atoms with Crippen molar-refractivity contribution in [3.8, 4) is 5.75 Å². The molecule has 1 unspecified atom stereocenters. The first kappa shape index (κ1) is 16.2. The number of H-pyrrole nitrogens is 1. The molecule has 0 spiro atoms. The summed E-state index contributed by atoms with van der Waals surface area (Å²) in [6.45, 7) is 3.32. The number of aromatic amines is 1. The molecule has 0 bridgehead atoms. The lowest BCUT2D eigenvalue weighted by Crippen LogP contribution is -2.29. The standard InChI is InChI=1S/C19H21N3O2/c1-14(22(2)12-13-24-15-8-4-3-5-9-15)18-20-17-11-7-6-10-16(17)19(23)21-18/h3-11,14H,12-13H2,1-2H3,(H,20,21,23).